The molecular formula is C17H17N3O2S. The number of thiazole rings is 1. The van der Waals surface area contributed by atoms with Gasteiger partial charge in [-0.1, -0.05) is 23.5 Å². The molecule has 0 spiro atoms. The number of hydrogen-bond acceptors (Lipinski definition) is 6. The number of anilines is 1. The summed E-state index contributed by atoms with van der Waals surface area (Å²) in [6.45, 7) is 5.91. The zero-order chi connectivity index (χ0) is 16.4. The van der Waals surface area contributed by atoms with Crippen LogP contribution in [0.3, 0.4) is 0 Å². The fourth-order valence-electron chi connectivity index (χ4n) is 2.38. The quantitative estimate of drug-likeness (QED) is 0.727. The summed E-state index contributed by atoms with van der Waals surface area (Å²) in [5.74, 6) is -0.263. The van der Waals surface area contributed by atoms with Gasteiger partial charge in [0.1, 0.15) is 5.75 Å². The van der Waals surface area contributed by atoms with Gasteiger partial charge in [0.05, 0.1) is 10.3 Å². The van der Waals surface area contributed by atoms with Gasteiger partial charge in [0.15, 0.2) is 16.6 Å². The predicted octanol–water partition coefficient (Wildman–Crippen LogP) is 3.47. The molecule has 0 aliphatic carbocycles. The number of para-hydroxylation sites is 1. The van der Waals surface area contributed by atoms with Crippen molar-refractivity contribution in [3.05, 3.63) is 47.7 Å². The van der Waals surface area contributed by atoms with E-state index in [4.69, 9.17) is 0 Å². The number of aromatic hydroxyl groups is 1. The van der Waals surface area contributed by atoms with Crippen molar-refractivity contribution in [3.8, 4) is 5.75 Å². The Hall–Kier alpha value is -2.47. The van der Waals surface area contributed by atoms with Gasteiger partial charge in [-0.25, -0.2) is 4.98 Å². The summed E-state index contributed by atoms with van der Waals surface area (Å²) in [7, 11) is 0. The van der Waals surface area contributed by atoms with Gasteiger partial charge in [0.25, 0.3) is 0 Å². The van der Waals surface area contributed by atoms with E-state index in [9.17, 15) is 9.90 Å². The number of pyridine rings is 1. The Morgan fingerprint density at radius 1 is 1.26 bits per heavy atom. The van der Waals surface area contributed by atoms with Crippen LogP contribution in [0.4, 0.5) is 5.13 Å². The molecule has 0 fully saturated rings. The number of phenols is 1. The predicted molar refractivity (Wildman–Crippen MR) is 92.5 cm³/mol. The Morgan fingerprint density at radius 3 is 2.70 bits per heavy atom. The maximum atomic E-state index is 12.5. The number of rotatable bonds is 5. The van der Waals surface area contributed by atoms with Crippen molar-refractivity contribution >= 4 is 32.6 Å². The average molecular weight is 327 g/mol. The molecular weight excluding hydrogens is 310 g/mol. The molecule has 0 aliphatic rings. The van der Waals surface area contributed by atoms with Gasteiger partial charge in [-0.3, -0.25) is 4.79 Å². The number of phenolic OH excluding ortho intramolecular Hbond substituents is 1. The van der Waals surface area contributed by atoms with Crippen LogP contribution >= 0.6 is 11.3 Å². The Morgan fingerprint density at radius 2 is 2.00 bits per heavy atom. The molecule has 2 aromatic heterocycles. The molecule has 0 radical (unpaired) electrons. The van der Waals surface area contributed by atoms with Crippen LogP contribution in [0.5, 0.6) is 5.75 Å². The first-order valence-corrected chi connectivity index (χ1v) is 8.30. The highest BCUT2D eigenvalue weighted by atomic mass is 32.1. The first-order chi connectivity index (χ1) is 11.1. The molecule has 1 aromatic carbocycles. The topological polar surface area (TPSA) is 66.3 Å². The highest BCUT2D eigenvalue weighted by Gasteiger charge is 2.16. The summed E-state index contributed by atoms with van der Waals surface area (Å²) in [6, 6.07) is 8.32. The van der Waals surface area contributed by atoms with Crippen LogP contribution in [0.2, 0.25) is 0 Å². The Balaban J connectivity index is 2.00. The van der Waals surface area contributed by atoms with Crippen molar-refractivity contribution in [1.29, 1.82) is 0 Å². The molecule has 0 atom stereocenters. The second-order valence-electron chi connectivity index (χ2n) is 5.06. The lowest BCUT2D eigenvalue weighted by Crippen LogP contribution is -2.21. The van der Waals surface area contributed by atoms with Crippen LogP contribution in [-0.2, 0) is 0 Å². The molecule has 3 aromatic rings. The van der Waals surface area contributed by atoms with Gasteiger partial charge in [0, 0.05) is 24.8 Å². The van der Waals surface area contributed by atoms with Crippen LogP contribution in [-0.4, -0.2) is 33.9 Å². The number of benzene rings is 1. The van der Waals surface area contributed by atoms with Crippen molar-refractivity contribution in [2.45, 2.75) is 13.8 Å². The summed E-state index contributed by atoms with van der Waals surface area (Å²) in [5.41, 5.74) is 1.38. The van der Waals surface area contributed by atoms with Gasteiger partial charge in [-0.05, 0) is 32.0 Å². The third-order valence-electron chi connectivity index (χ3n) is 3.68. The maximum absolute atomic E-state index is 12.5. The van der Waals surface area contributed by atoms with Crippen molar-refractivity contribution in [1.82, 2.24) is 9.97 Å². The van der Waals surface area contributed by atoms with Gasteiger partial charge in [-0.15, -0.1) is 0 Å². The largest absolute Gasteiger partial charge is 0.507 e. The lowest BCUT2D eigenvalue weighted by atomic mass is 10.0. The van der Waals surface area contributed by atoms with Gasteiger partial charge < -0.3 is 10.0 Å². The maximum Gasteiger partial charge on any atom is 0.198 e. The molecule has 3 rings (SSSR count). The number of hydrogen-bond donors (Lipinski definition) is 1. The van der Waals surface area contributed by atoms with Crippen molar-refractivity contribution in [2.75, 3.05) is 18.0 Å². The monoisotopic (exact) mass is 327 g/mol. The lowest BCUT2D eigenvalue weighted by molar-refractivity contribution is 0.103. The number of carbonyl (C=O) groups is 1. The van der Waals surface area contributed by atoms with Crippen LogP contribution in [0.1, 0.15) is 29.8 Å². The minimum absolute atomic E-state index is 0.0225. The SMILES string of the molecule is CCN(CC)c1nc2ncc(C(=O)c3ccccc3O)cc2s1. The second-order valence-corrected chi connectivity index (χ2v) is 6.07. The minimum Gasteiger partial charge on any atom is -0.507 e. The summed E-state index contributed by atoms with van der Waals surface area (Å²) < 4.78 is 0.869. The average Bonchev–Trinajstić information content (AvgIpc) is 2.98. The van der Waals surface area contributed by atoms with Gasteiger partial charge >= 0.3 is 0 Å². The molecule has 1 N–H and O–H groups in total. The van der Waals surface area contributed by atoms with E-state index in [1.54, 1.807) is 24.3 Å². The first-order valence-electron chi connectivity index (χ1n) is 7.48. The molecule has 0 amide bonds. The number of nitrogens with zero attached hydrogens (tertiary/aromatic N) is 3. The first kappa shape index (κ1) is 15.4. The van der Waals surface area contributed by atoms with Crippen molar-refractivity contribution < 1.29 is 9.90 Å². The second kappa shape index (κ2) is 6.34. The molecule has 23 heavy (non-hydrogen) atoms. The number of ketones is 1. The third kappa shape index (κ3) is 2.90. The summed E-state index contributed by atoms with van der Waals surface area (Å²) in [5, 5.41) is 10.7. The zero-order valence-electron chi connectivity index (χ0n) is 13.0. The lowest BCUT2D eigenvalue weighted by Gasteiger charge is -2.15. The van der Waals surface area contributed by atoms with E-state index in [1.165, 1.54) is 23.6 Å². The molecule has 118 valence electrons. The van der Waals surface area contributed by atoms with E-state index in [0.29, 0.717) is 11.2 Å². The molecule has 2 heterocycles. The number of carbonyl (C=O) groups excluding carboxylic acids is 1. The van der Waals surface area contributed by atoms with Crippen molar-refractivity contribution in [3.63, 3.8) is 0 Å². The Labute approximate surface area is 138 Å². The molecule has 0 aliphatic heterocycles. The van der Waals surface area contributed by atoms with Crippen LogP contribution in [0, 0.1) is 0 Å². The smallest absolute Gasteiger partial charge is 0.198 e. The minimum atomic E-state index is -0.240. The molecule has 0 bridgehead atoms. The normalized spacial score (nSPS) is 10.9. The number of fused-ring (bicyclic) bond motifs is 1. The van der Waals surface area contributed by atoms with Gasteiger partial charge in [0.2, 0.25) is 0 Å². The van der Waals surface area contributed by atoms with E-state index in [1.807, 2.05) is 0 Å². The summed E-state index contributed by atoms with van der Waals surface area (Å²) in [6.07, 6.45) is 1.52. The van der Waals surface area contributed by atoms with E-state index in [0.717, 1.165) is 22.9 Å². The number of aromatic nitrogens is 2. The zero-order valence-corrected chi connectivity index (χ0v) is 13.8. The summed E-state index contributed by atoms with van der Waals surface area (Å²) in [4.78, 5) is 23.5. The van der Waals surface area contributed by atoms with Gasteiger partial charge in [-0.2, -0.15) is 4.98 Å². The van der Waals surface area contributed by atoms with Crippen LogP contribution in [0.15, 0.2) is 36.5 Å². The molecule has 0 saturated carbocycles. The Bertz CT molecular complexity index is 856. The van der Waals surface area contributed by atoms with E-state index < -0.39 is 0 Å². The molecule has 5 nitrogen and oxygen atoms in total. The molecule has 0 unspecified atom stereocenters. The fourth-order valence-corrected chi connectivity index (χ4v) is 3.47. The van der Waals surface area contributed by atoms with Crippen molar-refractivity contribution in [2.24, 2.45) is 0 Å². The fraction of sp³-hybridized carbons (Fsp3) is 0.235. The van der Waals surface area contributed by atoms with Crippen LogP contribution < -0.4 is 4.90 Å². The van der Waals surface area contributed by atoms with E-state index >= 15 is 0 Å². The standard InChI is InChI=1S/C17H17N3O2S/c1-3-20(4-2)17-19-16-14(23-17)9-11(10-18-16)15(22)12-7-5-6-8-13(12)21/h5-10,21H,3-4H2,1-2H3. The highest BCUT2D eigenvalue weighted by molar-refractivity contribution is 7.22. The van der Waals surface area contributed by atoms with E-state index in [-0.39, 0.29) is 17.1 Å². The summed E-state index contributed by atoms with van der Waals surface area (Å²) >= 11 is 1.52. The molecule has 6 heteroatoms. The van der Waals surface area contributed by atoms with E-state index in [2.05, 4.69) is 28.7 Å². The Kier molecular flexibility index (Phi) is 4.25. The highest BCUT2D eigenvalue weighted by Crippen LogP contribution is 2.29. The third-order valence-corrected chi connectivity index (χ3v) is 4.73. The van der Waals surface area contributed by atoms with Crippen LogP contribution in [0.25, 0.3) is 10.3 Å². The molecule has 0 saturated heterocycles.